The standard InChI is InChI=1S/C16H11BrF2O3/c17-12-4-8-15(21)11(9-12)3-7-14(20)10-1-5-13(6-2-10)22-16(18)19/h1-9,16,21H/b7-3+. The van der Waals surface area contributed by atoms with Crippen molar-refractivity contribution in [1.29, 1.82) is 0 Å². The maximum absolute atomic E-state index is 12.0. The molecular formula is C16H11BrF2O3. The summed E-state index contributed by atoms with van der Waals surface area (Å²) in [5.41, 5.74) is 0.813. The van der Waals surface area contributed by atoms with Crippen LogP contribution in [0, 0.1) is 0 Å². The van der Waals surface area contributed by atoms with Gasteiger partial charge in [-0.2, -0.15) is 8.78 Å². The number of ether oxygens (including phenoxy) is 1. The molecule has 0 saturated heterocycles. The van der Waals surface area contributed by atoms with Crippen LogP contribution < -0.4 is 4.74 Å². The van der Waals surface area contributed by atoms with Gasteiger partial charge in [-0.25, -0.2) is 0 Å². The van der Waals surface area contributed by atoms with Crippen LogP contribution in [-0.4, -0.2) is 17.5 Å². The molecule has 0 aliphatic heterocycles. The first kappa shape index (κ1) is 16.2. The van der Waals surface area contributed by atoms with Crippen LogP contribution in [0.15, 0.2) is 53.0 Å². The SMILES string of the molecule is O=C(/C=C/c1cc(Br)ccc1O)c1ccc(OC(F)F)cc1. The molecule has 3 nitrogen and oxygen atoms in total. The summed E-state index contributed by atoms with van der Waals surface area (Å²) in [6.07, 6.45) is 2.77. The maximum Gasteiger partial charge on any atom is 0.387 e. The lowest BCUT2D eigenvalue weighted by Gasteiger charge is -2.04. The molecule has 2 aromatic rings. The van der Waals surface area contributed by atoms with Gasteiger partial charge in [0.25, 0.3) is 0 Å². The van der Waals surface area contributed by atoms with Gasteiger partial charge in [0, 0.05) is 15.6 Å². The van der Waals surface area contributed by atoms with E-state index < -0.39 is 6.61 Å². The zero-order valence-corrected chi connectivity index (χ0v) is 12.8. The number of carbonyl (C=O) groups excluding carboxylic acids is 1. The van der Waals surface area contributed by atoms with Gasteiger partial charge in [0.05, 0.1) is 0 Å². The Kier molecular flexibility index (Phi) is 5.27. The highest BCUT2D eigenvalue weighted by Gasteiger charge is 2.06. The number of carbonyl (C=O) groups is 1. The highest BCUT2D eigenvalue weighted by molar-refractivity contribution is 9.10. The monoisotopic (exact) mass is 368 g/mol. The minimum absolute atomic E-state index is 0.0137. The minimum atomic E-state index is -2.90. The van der Waals surface area contributed by atoms with Crippen LogP contribution in [0.25, 0.3) is 6.08 Å². The van der Waals surface area contributed by atoms with Gasteiger partial charge in [-0.3, -0.25) is 4.79 Å². The molecule has 0 spiro atoms. The van der Waals surface area contributed by atoms with Crippen molar-refractivity contribution in [2.45, 2.75) is 6.61 Å². The molecule has 0 bridgehead atoms. The molecule has 114 valence electrons. The summed E-state index contributed by atoms with van der Waals surface area (Å²) >= 11 is 3.27. The summed E-state index contributed by atoms with van der Waals surface area (Å²) in [4.78, 5) is 12.0. The van der Waals surface area contributed by atoms with Crippen LogP contribution in [0.5, 0.6) is 11.5 Å². The predicted molar refractivity (Wildman–Crippen MR) is 82.2 cm³/mol. The smallest absolute Gasteiger partial charge is 0.387 e. The van der Waals surface area contributed by atoms with Crippen molar-refractivity contribution in [3.05, 3.63) is 64.1 Å². The van der Waals surface area contributed by atoms with E-state index in [1.165, 1.54) is 42.5 Å². The summed E-state index contributed by atoms with van der Waals surface area (Å²) in [5.74, 6) is -0.281. The lowest BCUT2D eigenvalue weighted by atomic mass is 10.1. The van der Waals surface area contributed by atoms with Gasteiger partial charge in [-0.1, -0.05) is 15.9 Å². The second-order valence-corrected chi connectivity index (χ2v) is 5.22. The van der Waals surface area contributed by atoms with Crippen LogP contribution in [0.1, 0.15) is 15.9 Å². The number of halogens is 3. The summed E-state index contributed by atoms with van der Waals surface area (Å²) in [6.45, 7) is -2.90. The van der Waals surface area contributed by atoms with Crippen LogP contribution in [-0.2, 0) is 0 Å². The number of allylic oxidation sites excluding steroid dienone is 1. The molecule has 22 heavy (non-hydrogen) atoms. The van der Waals surface area contributed by atoms with Gasteiger partial charge < -0.3 is 9.84 Å². The van der Waals surface area contributed by atoms with Crippen molar-refractivity contribution >= 4 is 27.8 Å². The number of phenolic OH excluding ortho intramolecular Hbond substituents is 1. The van der Waals surface area contributed by atoms with E-state index in [2.05, 4.69) is 20.7 Å². The quantitative estimate of drug-likeness (QED) is 0.616. The lowest BCUT2D eigenvalue weighted by Crippen LogP contribution is -2.02. The molecule has 0 amide bonds. The largest absolute Gasteiger partial charge is 0.507 e. The molecule has 0 aromatic heterocycles. The summed E-state index contributed by atoms with van der Waals surface area (Å²) in [7, 11) is 0. The predicted octanol–water partition coefficient (Wildman–Crippen LogP) is 4.65. The van der Waals surface area contributed by atoms with E-state index >= 15 is 0 Å². The second-order valence-electron chi connectivity index (χ2n) is 4.30. The molecule has 6 heteroatoms. The summed E-state index contributed by atoms with van der Waals surface area (Å²) in [6, 6.07) is 10.2. The average Bonchev–Trinajstić information content (AvgIpc) is 2.48. The van der Waals surface area contributed by atoms with E-state index in [4.69, 9.17) is 0 Å². The third-order valence-corrected chi connectivity index (χ3v) is 3.26. The van der Waals surface area contributed by atoms with Crippen molar-refractivity contribution in [2.24, 2.45) is 0 Å². The van der Waals surface area contributed by atoms with Crippen LogP contribution >= 0.6 is 15.9 Å². The molecule has 0 aliphatic rings. The molecular weight excluding hydrogens is 358 g/mol. The Labute approximate surface area is 134 Å². The fourth-order valence-corrected chi connectivity index (χ4v) is 2.10. The summed E-state index contributed by atoms with van der Waals surface area (Å²) in [5, 5.41) is 9.67. The van der Waals surface area contributed by atoms with Crippen molar-refractivity contribution in [2.75, 3.05) is 0 Å². The number of rotatable bonds is 5. The maximum atomic E-state index is 12.0. The third-order valence-electron chi connectivity index (χ3n) is 2.77. The van der Waals surface area contributed by atoms with Gasteiger partial charge in [0.15, 0.2) is 5.78 Å². The molecule has 0 aliphatic carbocycles. The molecule has 0 atom stereocenters. The third kappa shape index (κ3) is 4.39. The number of ketones is 1. The molecule has 0 unspecified atom stereocenters. The number of aromatic hydroxyl groups is 1. The van der Waals surface area contributed by atoms with Crippen LogP contribution in [0.4, 0.5) is 8.78 Å². The Morgan fingerprint density at radius 1 is 1.18 bits per heavy atom. The van der Waals surface area contributed by atoms with Gasteiger partial charge in [-0.15, -0.1) is 0 Å². The van der Waals surface area contributed by atoms with E-state index in [1.807, 2.05) is 0 Å². The molecule has 2 aromatic carbocycles. The van der Waals surface area contributed by atoms with Crippen LogP contribution in [0.3, 0.4) is 0 Å². The highest BCUT2D eigenvalue weighted by Crippen LogP contribution is 2.23. The Morgan fingerprint density at radius 3 is 2.50 bits per heavy atom. The van der Waals surface area contributed by atoms with E-state index in [0.717, 1.165) is 4.47 Å². The number of hydrogen-bond donors (Lipinski definition) is 1. The summed E-state index contributed by atoms with van der Waals surface area (Å²) < 4.78 is 29.0. The lowest BCUT2D eigenvalue weighted by molar-refractivity contribution is -0.0498. The van der Waals surface area contributed by atoms with E-state index in [-0.39, 0.29) is 17.3 Å². The number of alkyl halides is 2. The fourth-order valence-electron chi connectivity index (χ4n) is 1.72. The van der Waals surface area contributed by atoms with Crippen LogP contribution in [0.2, 0.25) is 0 Å². The fraction of sp³-hybridized carbons (Fsp3) is 0.0625. The first-order valence-corrected chi connectivity index (χ1v) is 7.01. The zero-order valence-electron chi connectivity index (χ0n) is 11.2. The molecule has 0 radical (unpaired) electrons. The Bertz CT molecular complexity index is 697. The number of benzene rings is 2. The second kappa shape index (κ2) is 7.17. The Hall–Kier alpha value is -2.21. The van der Waals surface area contributed by atoms with Gasteiger partial charge in [0.2, 0.25) is 0 Å². The minimum Gasteiger partial charge on any atom is -0.507 e. The van der Waals surface area contributed by atoms with Gasteiger partial charge >= 0.3 is 6.61 Å². The van der Waals surface area contributed by atoms with Crippen molar-refractivity contribution < 1.29 is 23.4 Å². The number of phenols is 1. The topological polar surface area (TPSA) is 46.5 Å². The van der Waals surface area contributed by atoms with Crippen molar-refractivity contribution in [3.63, 3.8) is 0 Å². The molecule has 0 saturated carbocycles. The molecule has 1 N–H and O–H groups in total. The van der Waals surface area contributed by atoms with E-state index in [1.54, 1.807) is 12.1 Å². The van der Waals surface area contributed by atoms with Crippen molar-refractivity contribution in [3.8, 4) is 11.5 Å². The van der Waals surface area contributed by atoms with E-state index in [0.29, 0.717) is 11.1 Å². The van der Waals surface area contributed by atoms with E-state index in [9.17, 15) is 18.7 Å². The van der Waals surface area contributed by atoms with Crippen molar-refractivity contribution in [1.82, 2.24) is 0 Å². The molecule has 2 rings (SSSR count). The number of hydrogen-bond acceptors (Lipinski definition) is 3. The molecule has 0 heterocycles. The van der Waals surface area contributed by atoms with Gasteiger partial charge in [0.1, 0.15) is 11.5 Å². The Morgan fingerprint density at radius 2 is 1.86 bits per heavy atom. The van der Waals surface area contributed by atoms with Gasteiger partial charge in [-0.05, 0) is 54.6 Å². The molecule has 0 fully saturated rings. The highest BCUT2D eigenvalue weighted by atomic mass is 79.9. The first-order chi connectivity index (χ1) is 10.5. The first-order valence-electron chi connectivity index (χ1n) is 6.21. The Balaban J connectivity index is 2.11. The zero-order chi connectivity index (χ0) is 16.1. The normalized spacial score (nSPS) is 11.1. The average molecular weight is 369 g/mol.